The molecule has 0 aliphatic carbocycles. The van der Waals surface area contributed by atoms with E-state index >= 15 is 0 Å². The van der Waals surface area contributed by atoms with E-state index in [4.69, 9.17) is 5.26 Å². The Morgan fingerprint density at radius 3 is 2.28 bits per heavy atom. The van der Waals surface area contributed by atoms with Gasteiger partial charge in [0.2, 0.25) is 0 Å². The molecule has 25 heavy (non-hydrogen) atoms. The number of benzene rings is 1. The van der Waals surface area contributed by atoms with Crippen LogP contribution in [-0.4, -0.2) is 54.1 Å². The Kier molecular flexibility index (Phi) is 5.85. The summed E-state index contributed by atoms with van der Waals surface area (Å²) in [6.45, 7) is 0.383. The van der Waals surface area contributed by atoms with Crippen LogP contribution in [0.4, 0.5) is 18.0 Å². The van der Waals surface area contributed by atoms with Gasteiger partial charge in [-0.05, 0) is 24.1 Å². The number of hydrogen-bond acceptors (Lipinski definition) is 3. The van der Waals surface area contributed by atoms with Gasteiger partial charge < -0.3 is 15.1 Å². The van der Waals surface area contributed by atoms with Crippen LogP contribution in [0.2, 0.25) is 0 Å². The Balaban J connectivity index is 1.86. The fourth-order valence-electron chi connectivity index (χ4n) is 2.49. The Morgan fingerprint density at radius 1 is 1.08 bits per heavy atom. The molecule has 2 rings (SSSR count). The topological polar surface area (TPSA) is 76.4 Å². The maximum Gasteiger partial charge on any atom is 0.471 e. The first kappa shape index (κ1) is 18.6. The lowest BCUT2D eigenvalue weighted by molar-refractivity contribution is -0.185. The van der Waals surface area contributed by atoms with Crippen molar-refractivity contribution in [3.05, 3.63) is 35.4 Å². The molecule has 6 nitrogen and oxygen atoms in total. The van der Waals surface area contributed by atoms with Crippen LogP contribution in [-0.2, 0) is 11.3 Å². The number of hydrogen-bond donors (Lipinski definition) is 1. The molecule has 0 saturated carbocycles. The molecule has 0 spiro atoms. The molecule has 1 fully saturated rings. The minimum absolute atomic E-state index is 0.0300. The second kappa shape index (κ2) is 7.88. The molecule has 0 radical (unpaired) electrons. The van der Waals surface area contributed by atoms with Gasteiger partial charge in [-0.15, -0.1) is 0 Å². The van der Waals surface area contributed by atoms with E-state index in [-0.39, 0.29) is 39.1 Å². The van der Waals surface area contributed by atoms with Crippen molar-refractivity contribution in [3.63, 3.8) is 0 Å². The number of rotatable bonds is 2. The zero-order valence-electron chi connectivity index (χ0n) is 13.3. The molecule has 1 N–H and O–H groups in total. The number of amides is 3. The van der Waals surface area contributed by atoms with E-state index in [2.05, 4.69) is 5.32 Å². The SMILES string of the molecule is N#Cc1ccc(CNC(=O)N2CCCN(C(=O)C(F)(F)F)CC2)cc1. The zero-order chi connectivity index (χ0) is 18.4. The zero-order valence-corrected chi connectivity index (χ0v) is 13.3. The van der Waals surface area contributed by atoms with E-state index in [0.29, 0.717) is 5.56 Å². The van der Waals surface area contributed by atoms with Gasteiger partial charge in [-0.3, -0.25) is 4.79 Å². The van der Waals surface area contributed by atoms with Gasteiger partial charge in [0.25, 0.3) is 0 Å². The number of urea groups is 1. The van der Waals surface area contributed by atoms with Crippen LogP contribution < -0.4 is 5.32 Å². The van der Waals surface area contributed by atoms with Crippen LogP contribution in [0.1, 0.15) is 17.5 Å². The number of nitrogens with zero attached hydrogens (tertiary/aromatic N) is 3. The van der Waals surface area contributed by atoms with Crippen LogP contribution in [0.3, 0.4) is 0 Å². The molecule has 1 aliphatic rings. The van der Waals surface area contributed by atoms with Crippen molar-refractivity contribution in [1.29, 1.82) is 5.26 Å². The summed E-state index contributed by atoms with van der Waals surface area (Å²) < 4.78 is 37.4. The Bertz CT molecular complexity index is 667. The smallest absolute Gasteiger partial charge is 0.334 e. The molecule has 1 aliphatic heterocycles. The number of carbonyl (C=O) groups excluding carboxylic acids is 2. The van der Waals surface area contributed by atoms with E-state index in [0.717, 1.165) is 10.5 Å². The molecule has 1 aromatic carbocycles. The lowest BCUT2D eigenvalue weighted by Crippen LogP contribution is -2.45. The van der Waals surface area contributed by atoms with Gasteiger partial charge >= 0.3 is 18.1 Å². The Hall–Kier alpha value is -2.76. The predicted molar refractivity (Wildman–Crippen MR) is 82.2 cm³/mol. The van der Waals surface area contributed by atoms with Crippen molar-refractivity contribution in [2.24, 2.45) is 0 Å². The number of carbonyl (C=O) groups is 2. The number of halogens is 3. The molecule has 3 amide bonds. The number of alkyl halides is 3. The summed E-state index contributed by atoms with van der Waals surface area (Å²) in [7, 11) is 0. The standard InChI is InChI=1S/C16H17F3N4O2/c17-16(18,19)14(24)22-6-1-7-23(9-8-22)15(25)21-11-13-4-2-12(10-20)3-5-13/h2-5H,1,6-9,11H2,(H,21,25). The van der Waals surface area contributed by atoms with E-state index in [1.165, 1.54) is 4.90 Å². The molecule has 0 aromatic heterocycles. The van der Waals surface area contributed by atoms with Crippen molar-refractivity contribution in [2.45, 2.75) is 19.1 Å². The fraction of sp³-hybridized carbons (Fsp3) is 0.438. The Morgan fingerprint density at radius 2 is 1.68 bits per heavy atom. The van der Waals surface area contributed by atoms with Crippen LogP contribution in [0.15, 0.2) is 24.3 Å². The minimum Gasteiger partial charge on any atom is -0.334 e. The lowest BCUT2D eigenvalue weighted by Gasteiger charge is -2.23. The molecule has 134 valence electrons. The lowest BCUT2D eigenvalue weighted by atomic mass is 10.1. The van der Waals surface area contributed by atoms with Crippen molar-refractivity contribution in [2.75, 3.05) is 26.2 Å². The maximum absolute atomic E-state index is 12.5. The van der Waals surface area contributed by atoms with E-state index in [1.807, 2.05) is 6.07 Å². The molecule has 1 heterocycles. The summed E-state index contributed by atoms with van der Waals surface area (Å²) in [5.74, 6) is -1.87. The number of nitriles is 1. The fourth-order valence-corrected chi connectivity index (χ4v) is 2.49. The maximum atomic E-state index is 12.5. The molecule has 9 heteroatoms. The Labute approximate surface area is 142 Å². The van der Waals surface area contributed by atoms with Crippen LogP contribution in [0.25, 0.3) is 0 Å². The van der Waals surface area contributed by atoms with Crippen LogP contribution in [0, 0.1) is 11.3 Å². The van der Waals surface area contributed by atoms with Gasteiger partial charge in [0.1, 0.15) is 0 Å². The quantitative estimate of drug-likeness (QED) is 0.881. The van der Waals surface area contributed by atoms with E-state index < -0.39 is 18.1 Å². The third-order valence-corrected chi connectivity index (χ3v) is 3.84. The monoisotopic (exact) mass is 354 g/mol. The average Bonchev–Trinajstić information content (AvgIpc) is 2.84. The third-order valence-electron chi connectivity index (χ3n) is 3.84. The van der Waals surface area contributed by atoms with Gasteiger partial charge in [0.05, 0.1) is 11.6 Å². The largest absolute Gasteiger partial charge is 0.471 e. The highest BCUT2D eigenvalue weighted by Crippen LogP contribution is 2.19. The van der Waals surface area contributed by atoms with Gasteiger partial charge in [-0.1, -0.05) is 12.1 Å². The minimum atomic E-state index is -4.90. The molecule has 1 saturated heterocycles. The molecule has 0 bridgehead atoms. The number of nitrogens with one attached hydrogen (secondary N) is 1. The van der Waals surface area contributed by atoms with Gasteiger partial charge in [0, 0.05) is 32.7 Å². The van der Waals surface area contributed by atoms with E-state index in [9.17, 15) is 22.8 Å². The van der Waals surface area contributed by atoms with Crippen molar-refractivity contribution < 1.29 is 22.8 Å². The second-order valence-corrected chi connectivity index (χ2v) is 5.60. The summed E-state index contributed by atoms with van der Waals surface area (Å²) in [5, 5.41) is 11.4. The highest BCUT2D eigenvalue weighted by Gasteiger charge is 2.42. The first-order valence-corrected chi connectivity index (χ1v) is 7.69. The molecular weight excluding hydrogens is 337 g/mol. The molecule has 0 unspecified atom stereocenters. The van der Waals surface area contributed by atoms with Gasteiger partial charge in [0.15, 0.2) is 0 Å². The van der Waals surface area contributed by atoms with Crippen molar-refractivity contribution in [1.82, 2.24) is 15.1 Å². The van der Waals surface area contributed by atoms with Gasteiger partial charge in [-0.25, -0.2) is 4.79 Å². The summed E-state index contributed by atoms with van der Waals surface area (Å²) in [5.41, 5.74) is 1.31. The first-order chi connectivity index (χ1) is 11.8. The third kappa shape index (κ3) is 5.11. The van der Waals surface area contributed by atoms with Crippen molar-refractivity contribution in [3.8, 4) is 6.07 Å². The summed E-state index contributed by atoms with van der Waals surface area (Å²) in [6.07, 6.45) is -4.61. The van der Waals surface area contributed by atoms with Crippen LogP contribution in [0.5, 0.6) is 0 Å². The highest BCUT2D eigenvalue weighted by molar-refractivity contribution is 5.82. The van der Waals surface area contributed by atoms with Gasteiger partial charge in [-0.2, -0.15) is 18.4 Å². The first-order valence-electron chi connectivity index (χ1n) is 7.69. The highest BCUT2D eigenvalue weighted by atomic mass is 19.4. The summed E-state index contributed by atoms with van der Waals surface area (Å²) >= 11 is 0. The second-order valence-electron chi connectivity index (χ2n) is 5.60. The van der Waals surface area contributed by atoms with E-state index in [1.54, 1.807) is 24.3 Å². The van der Waals surface area contributed by atoms with Crippen molar-refractivity contribution >= 4 is 11.9 Å². The summed E-state index contributed by atoms with van der Waals surface area (Å²) in [6, 6.07) is 8.29. The molecular formula is C16H17F3N4O2. The summed E-state index contributed by atoms with van der Waals surface area (Å²) in [4.78, 5) is 25.6. The molecule has 0 atom stereocenters. The van der Waals surface area contributed by atoms with Crippen LogP contribution >= 0.6 is 0 Å². The predicted octanol–water partition coefficient (Wildman–Crippen LogP) is 1.86. The normalized spacial score (nSPS) is 15.3. The average molecular weight is 354 g/mol. The molecule has 1 aromatic rings.